The van der Waals surface area contributed by atoms with Crippen molar-refractivity contribution in [3.05, 3.63) is 52.0 Å². The Morgan fingerprint density at radius 2 is 2.11 bits per heavy atom. The van der Waals surface area contributed by atoms with Gasteiger partial charge in [0.1, 0.15) is 12.4 Å². The SMILES string of the molecule is Cc1cc(N)nc(COc2ccccc2[N+](=O)[O-])n1. The molecule has 98 valence electrons. The number of nitrogens with two attached hydrogens (primary N) is 1. The van der Waals surface area contributed by atoms with E-state index >= 15 is 0 Å². The minimum atomic E-state index is -0.499. The summed E-state index contributed by atoms with van der Waals surface area (Å²) < 4.78 is 5.37. The summed E-state index contributed by atoms with van der Waals surface area (Å²) >= 11 is 0. The molecule has 2 aromatic rings. The van der Waals surface area contributed by atoms with Gasteiger partial charge in [-0.05, 0) is 13.0 Å². The molecule has 2 N–H and O–H groups in total. The fourth-order valence-corrected chi connectivity index (χ4v) is 1.59. The summed E-state index contributed by atoms with van der Waals surface area (Å²) in [6.07, 6.45) is 0. The van der Waals surface area contributed by atoms with E-state index in [-0.39, 0.29) is 18.0 Å². The molecule has 0 aliphatic heterocycles. The monoisotopic (exact) mass is 260 g/mol. The molecule has 0 saturated carbocycles. The third-order valence-electron chi connectivity index (χ3n) is 2.34. The molecule has 7 nitrogen and oxygen atoms in total. The van der Waals surface area contributed by atoms with Gasteiger partial charge < -0.3 is 10.5 Å². The van der Waals surface area contributed by atoms with Gasteiger partial charge in [-0.2, -0.15) is 0 Å². The fraction of sp³-hybridized carbons (Fsp3) is 0.167. The van der Waals surface area contributed by atoms with Gasteiger partial charge in [-0.1, -0.05) is 12.1 Å². The standard InChI is InChI=1S/C12H12N4O3/c1-8-6-11(13)15-12(14-8)7-19-10-5-3-2-4-9(10)16(17)18/h2-6H,7H2,1H3,(H2,13,14,15). The highest BCUT2D eigenvalue weighted by Gasteiger charge is 2.14. The number of aryl methyl sites for hydroxylation is 1. The molecule has 7 heteroatoms. The van der Waals surface area contributed by atoms with Crippen LogP contribution in [-0.4, -0.2) is 14.9 Å². The smallest absolute Gasteiger partial charge is 0.310 e. The van der Waals surface area contributed by atoms with Crippen LogP contribution in [0.25, 0.3) is 0 Å². The fourth-order valence-electron chi connectivity index (χ4n) is 1.59. The van der Waals surface area contributed by atoms with E-state index in [2.05, 4.69) is 9.97 Å². The average molecular weight is 260 g/mol. The number of benzene rings is 1. The minimum absolute atomic E-state index is 0.0245. The zero-order chi connectivity index (χ0) is 13.8. The lowest BCUT2D eigenvalue weighted by molar-refractivity contribution is -0.385. The third-order valence-corrected chi connectivity index (χ3v) is 2.34. The number of rotatable bonds is 4. The van der Waals surface area contributed by atoms with Gasteiger partial charge in [-0.25, -0.2) is 9.97 Å². The Morgan fingerprint density at radius 1 is 1.37 bits per heavy atom. The number of nitrogens with zero attached hydrogens (tertiary/aromatic N) is 3. The van der Waals surface area contributed by atoms with Gasteiger partial charge in [0.25, 0.3) is 0 Å². The maximum absolute atomic E-state index is 10.8. The van der Waals surface area contributed by atoms with Gasteiger partial charge in [0.05, 0.1) is 4.92 Å². The van der Waals surface area contributed by atoms with Gasteiger partial charge in [-0.3, -0.25) is 10.1 Å². The van der Waals surface area contributed by atoms with E-state index in [9.17, 15) is 10.1 Å². The van der Waals surface area contributed by atoms with Crippen molar-refractivity contribution in [2.45, 2.75) is 13.5 Å². The number of aromatic nitrogens is 2. The zero-order valence-electron chi connectivity index (χ0n) is 10.2. The van der Waals surface area contributed by atoms with Gasteiger partial charge in [0, 0.05) is 17.8 Å². The normalized spacial score (nSPS) is 10.2. The molecular formula is C12H12N4O3. The molecule has 0 spiro atoms. The highest BCUT2D eigenvalue weighted by Crippen LogP contribution is 2.26. The molecule has 0 aliphatic carbocycles. The molecule has 1 heterocycles. The van der Waals surface area contributed by atoms with Crippen molar-refractivity contribution in [2.24, 2.45) is 0 Å². The highest BCUT2D eigenvalue weighted by molar-refractivity contribution is 5.45. The molecule has 0 atom stereocenters. The molecule has 0 aliphatic rings. The van der Waals surface area contributed by atoms with Crippen LogP contribution in [0.1, 0.15) is 11.5 Å². The van der Waals surface area contributed by atoms with Crippen LogP contribution in [0.15, 0.2) is 30.3 Å². The lowest BCUT2D eigenvalue weighted by atomic mass is 10.3. The molecule has 2 rings (SSSR count). The second kappa shape index (κ2) is 5.30. The summed E-state index contributed by atoms with van der Waals surface area (Å²) in [6.45, 7) is 1.81. The largest absolute Gasteiger partial charge is 0.479 e. The summed E-state index contributed by atoms with van der Waals surface area (Å²) in [7, 11) is 0. The van der Waals surface area contributed by atoms with Crippen LogP contribution >= 0.6 is 0 Å². The number of hydrogen-bond acceptors (Lipinski definition) is 6. The van der Waals surface area contributed by atoms with E-state index in [0.29, 0.717) is 17.3 Å². The Morgan fingerprint density at radius 3 is 2.79 bits per heavy atom. The number of nitro groups is 1. The summed E-state index contributed by atoms with van der Waals surface area (Å²) in [4.78, 5) is 18.4. The molecule has 0 amide bonds. The highest BCUT2D eigenvalue weighted by atomic mass is 16.6. The van der Waals surface area contributed by atoms with Crippen LogP contribution in [0.2, 0.25) is 0 Å². The van der Waals surface area contributed by atoms with E-state index in [1.165, 1.54) is 12.1 Å². The Labute approximate surface area is 109 Å². The van der Waals surface area contributed by atoms with Gasteiger partial charge in [-0.15, -0.1) is 0 Å². The Balaban J connectivity index is 2.16. The summed E-state index contributed by atoms with van der Waals surface area (Å²) in [5.41, 5.74) is 6.21. The first-order valence-corrected chi connectivity index (χ1v) is 5.52. The molecular weight excluding hydrogens is 248 g/mol. The molecule has 19 heavy (non-hydrogen) atoms. The Hall–Kier alpha value is -2.70. The second-order valence-electron chi connectivity index (χ2n) is 3.86. The second-order valence-corrected chi connectivity index (χ2v) is 3.86. The van der Waals surface area contributed by atoms with Crippen LogP contribution in [0, 0.1) is 17.0 Å². The molecule has 0 radical (unpaired) electrons. The van der Waals surface area contributed by atoms with Crippen molar-refractivity contribution in [1.82, 2.24) is 9.97 Å². The van der Waals surface area contributed by atoms with Crippen molar-refractivity contribution in [3.63, 3.8) is 0 Å². The van der Waals surface area contributed by atoms with Crippen LogP contribution in [0.5, 0.6) is 5.75 Å². The summed E-state index contributed by atoms with van der Waals surface area (Å²) in [5, 5.41) is 10.8. The molecule has 0 saturated heterocycles. The Bertz CT molecular complexity index is 595. The van der Waals surface area contributed by atoms with Crippen molar-refractivity contribution in [3.8, 4) is 5.75 Å². The predicted molar refractivity (Wildman–Crippen MR) is 68.6 cm³/mol. The molecule has 0 fully saturated rings. The maximum atomic E-state index is 10.8. The van der Waals surface area contributed by atoms with Gasteiger partial charge in [0.15, 0.2) is 11.6 Å². The number of anilines is 1. The summed E-state index contributed by atoms with van der Waals surface area (Å²) in [5.74, 6) is 0.903. The minimum Gasteiger partial charge on any atom is -0.479 e. The quantitative estimate of drug-likeness (QED) is 0.664. The van der Waals surface area contributed by atoms with E-state index in [1.54, 1.807) is 25.1 Å². The lowest BCUT2D eigenvalue weighted by Crippen LogP contribution is -2.06. The first-order chi connectivity index (χ1) is 9.06. The summed E-state index contributed by atoms with van der Waals surface area (Å²) in [6, 6.07) is 7.77. The topological polar surface area (TPSA) is 104 Å². The van der Waals surface area contributed by atoms with Crippen molar-refractivity contribution in [2.75, 3.05) is 5.73 Å². The molecule has 1 aromatic carbocycles. The van der Waals surface area contributed by atoms with Crippen LogP contribution in [0.3, 0.4) is 0 Å². The number of nitro benzene ring substituents is 1. The lowest BCUT2D eigenvalue weighted by Gasteiger charge is -2.06. The van der Waals surface area contributed by atoms with Gasteiger partial charge in [0.2, 0.25) is 0 Å². The number of para-hydroxylation sites is 2. The zero-order valence-corrected chi connectivity index (χ0v) is 10.2. The predicted octanol–water partition coefficient (Wildman–Crippen LogP) is 1.85. The van der Waals surface area contributed by atoms with E-state index in [1.807, 2.05) is 0 Å². The van der Waals surface area contributed by atoms with Crippen LogP contribution in [0.4, 0.5) is 11.5 Å². The van der Waals surface area contributed by atoms with Gasteiger partial charge >= 0.3 is 5.69 Å². The molecule has 0 unspecified atom stereocenters. The average Bonchev–Trinajstić information content (AvgIpc) is 2.35. The molecule has 0 bridgehead atoms. The first kappa shape index (κ1) is 12.7. The van der Waals surface area contributed by atoms with E-state index in [0.717, 1.165) is 0 Å². The molecule has 1 aromatic heterocycles. The van der Waals surface area contributed by atoms with Crippen molar-refractivity contribution in [1.29, 1.82) is 0 Å². The number of hydrogen-bond donors (Lipinski definition) is 1. The van der Waals surface area contributed by atoms with E-state index in [4.69, 9.17) is 10.5 Å². The van der Waals surface area contributed by atoms with Crippen LogP contribution in [-0.2, 0) is 6.61 Å². The maximum Gasteiger partial charge on any atom is 0.310 e. The number of ether oxygens (including phenoxy) is 1. The Kier molecular flexibility index (Phi) is 3.56. The van der Waals surface area contributed by atoms with Crippen LogP contribution < -0.4 is 10.5 Å². The first-order valence-electron chi connectivity index (χ1n) is 5.52. The number of nitrogen functional groups attached to an aromatic ring is 1. The van der Waals surface area contributed by atoms with E-state index < -0.39 is 4.92 Å². The van der Waals surface area contributed by atoms with Crippen molar-refractivity contribution >= 4 is 11.5 Å². The van der Waals surface area contributed by atoms with Crippen molar-refractivity contribution < 1.29 is 9.66 Å². The third kappa shape index (κ3) is 3.15.